The molecule has 0 aromatic rings. The SMILES string of the molecule is COC(=O)C(C)NC(=O)C1CCC(N)C1.Cl. The summed E-state index contributed by atoms with van der Waals surface area (Å²) < 4.78 is 4.52. The largest absolute Gasteiger partial charge is 0.467 e. The van der Waals surface area contributed by atoms with Gasteiger partial charge in [0.2, 0.25) is 5.91 Å². The first kappa shape index (κ1) is 15.2. The van der Waals surface area contributed by atoms with Crippen LogP contribution in [0.1, 0.15) is 26.2 Å². The number of carbonyl (C=O) groups excluding carboxylic acids is 2. The lowest BCUT2D eigenvalue weighted by molar-refractivity contribution is -0.145. The Morgan fingerprint density at radius 2 is 2.06 bits per heavy atom. The van der Waals surface area contributed by atoms with E-state index in [4.69, 9.17) is 5.73 Å². The Morgan fingerprint density at radius 3 is 2.50 bits per heavy atom. The Hall–Kier alpha value is -0.810. The molecule has 94 valence electrons. The number of nitrogens with one attached hydrogen (secondary N) is 1. The van der Waals surface area contributed by atoms with Crippen molar-refractivity contribution in [3.63, 3.8) is 0 Å². The molecule has 3 atom stereocenters. The highest BCUT2D eigenvalue weighted by atomic mass is 35.5. The first-order valence-electron chi connectivity index (χ1n) is 5.18. The highest BCUT2D eigenvalue weighted by Crippen LogP contribution is 2.24. The molecule has 5 nitrogen and oxygen atoms in total. The van der Waals surface area contributed by atoms with Crippen molar-refractivity contribution in [2.75, 3.05) is 7.11 Å². The van der Waals surface area contributed by atoms with Gasteiger partial charge in [-0.2, -0.15) is 0 Å². The molecule has 0 saturated heterocycles. The molecule has 0 spiro atoms. The molecule has 0 radical (unpaired) electrons. The fraction of sp³-hybridized carbons (Fsp3) is 0.800. The number of ether oxygens (including phenoxy) is 1. The van der Waals surface area contributed by atoms with Crippen LogP contribution in [0, 0.1) is 5.92 Å². The molecule has 1 fully saturated rings. The molecule has 16 heavy (non-hydrogen) atoms. The van der Waals surface area contributed by atoms with Gasteiger partial charge in [-0.05, 0) is 26.2 Å². The van der Waals surface area contributed by atoms with Gasteiger partial charge in [-0.3, -0.25) is 4.79 Å². The number of amides is 1. The van der Waals surface area contributed by atoms with E-state index in [1.54, 1.807) is 6.92 Å². The zero-order valence-corrected chi connectivity index (χ0v) is 10.4. The van der Waals surface area contributed by atoms with Crippen LogP contribution in [0.25, 0.3) is 0 Å². The minimum atomic E-state index is -0.584. The van der Waals surface area contributed by atoms with Gasteiger partial charge in [0.25, 0.3) is 0 Å². The van der Waals surface area contributed by atoms with E-state index in [2.05, 4.69) is 10.1 Å². The van der Waals surface area contributed by atoms with Crippen LogP contribution in [0.2, 0.25) is 0 Å². The van der Waals surface area contributed by atoms with Gasteiger partial charge >= 0.3 is 5.97 Å². The van der Waals surface area contributed by atoms with Crippen LogP contribution in [-0.2, 0) is 14.3 Å². The van der Waals surface area contributed by atoms with E-state index >= 15 is 0 Å². The second-order valence-corrected chi connectivity index (χ2v) is 4.02. The van der Waals surface area contributed by atoms with Gasteiger partial charge in [0, 0.05) is 12.0 Å². The van der Waals surface area contributed by atoms with Crippen molar-refractivity contribution in [3.8, 4) is 0 Å². The highest BCUT2D eigenvalue weighted by Gasteiger charge is 2.29. The Kier molecular flexibility index (Phi) is 6.36. The molecule has 3 N–H and O–H groups in total. The van der Waals surface area contributed by atoms with Crippen LogP contribution in [0.4, 0.5) is 0 Å². The fourth-order valence-corrected chi connectivity index (χ4v) is 1.82. The summed E-state index contributed by atoms with van der Waals surface area (Å²) in [5.41, 5.74) is 5.71. The summed E-state index contributed by atoms with van der Waals surface area (Å²) in [7, 11) is 1.30. The topological polar surface area (TPSA) is 81.4 Å². The summed E-state index contributed by atoms with van der Waals surface area (Å²) in [6, 6.07) is -0.464. The number of esters is 1. The molecular weight excluding hydrogens is 232 g/mol. The second-order valence-electron chi connectivity index (χ2n) is 4.02. The normalized spacial score (nSPS) is 25.4. The smallest absolute Gasteiger partial charge is 0.328 e. The standard InChI is InChI=1S/C10H18N2O3.ClH/c1-6(10(14)15-2)12-9(13)7-3-4-8(11)5-7;/h6-8H,3-5,11H2,1-2H3,(H,12,13);1H. The van der Waals surface area contributed by atoms with Crippen LogP contribution in [0.3, 0.4) is 0 Å². The Morgan fingerprint density at radius 1 is 1.44 bits per heavy atom. The zero-order valence-electron chi connectivity index (χ0n) is 9.56. The van der Waals surface area contributed by atoms with Gasteiger partial charge in [-0.15, -0.1) is 12.4 Å². The summed E-state index contributed by atoms with van der Waals surface area (Å²) in [5, 5.41) is 2.62. The molecule has 1 aliphatic carbocycles. The van der Waals surface area contributed by atoms with Crippen molar-refractivity contribution in [1.82, 2.24) is 5.32 Å². The van der Waals surface area contributed by atoms with Crippen molar-refractivity contribution in [1.29, 1.82) is 0 Å². The second kappa shape index (κ2) is 6.70. The average Bonchev–Trinajstić information content (AvgIpc) is 2.63. The van der Waals surface area contributed by atoms with Gasteiger partial charge in [-0.25, -0.2) is 4.79 Å². The average molecular weight is 251 g/mol. The first-order chi connectivity index (χ1) is 7.04. The molecule has 0 heterocycles. The number of hydrogen-bond acceptors (Lipinski definition) is 4. The van der Waals surface area contributed by atoms with E-state index in [0.717, 1.165) is 12.8 Å². The molecule has 1 rings (SSSR count). The van der Waals surface area contributed by atoms with Gasteiger partial charge in [0.15, 0.2) is 0 Å². The molecule has 3 unspecified atom stereocenters. The van der Waals surface area contributed by atoms with Crippen molar-refractivity contribution in [2.45, 2.75) is 38.3 Å². The summed E-state index contributed by atoms with van der Waals surface area (Å²) >= 11 is 0. The van der Waals surface area contributed by atoms with Crippen LogP contribution >= 0.6 is 12.4 Å². The predicted molar refractivity (Wildman–Crippen MR) is 62.2 cm³/mol. The Labute approximate surface area is 101 Å². The summed E-state index contributed by atoms with van der Waals surface area (Å²) in [5.74, 6) is -0.571. The summed E-state index contributed by atoms with van der Waals surface area (Å²) in [4.78, 5) is 22.7. The number of halogens is 1. The van der Waals surface area contributed by atoms with E-state index in [1.165, 1.54) is 7.11 Å². The number of hydrogen-bond donors (Lipinski definition) is 2. The van der Waals surface area contributed by atoms with E-state index in [-0.39, 0.29) is 30.3 Å². The summed E-state index contributed by atoms with van der Waals surface area (Å²) in [6.07, 6.45) is 2.39. The van der Waals surface area contributed by atoms with Crippen molar-refractivity contribution in [2.24, 2.45) is 11.7 Å². The van der Waals surface area contributed by atoms with Crippen LogP contribution in [-0.4, -0.2) is 31.1 Å². The van der Waals surface area contributed by atoms with Crippen molar-refractivity contribution < 1.29 is 14.3 Å². The van der Waals surface area contributed by atoms with Crippen molar-refractivity contribution in [3.05, 3.63) is 0 Å². The Bertz CT molecular complexity index is 260. The molecular formula is C10H19ClN2O3. The monoisotopic (exact) mass is 250 g/mol. The number of rotatable bonds is 3. The van der Waals surface area contributed by atoms with Crippen LogP contribution in [0.5, 0.6) is 0 Å². The van der Waals surface area contributed by atoms with E-state index < -0.39 is 12.0 Å². The molecule has 1 aliphatic rings. The molecule has 0 bridgehead atoms. The Balaban J connectivity index is 0.00000225. The third-order valence-electron chi connectivity index (χ3n) is 2.76. The molecule has 0 aromatic heterocycles. The lowest BCUT2D eigenvalue weighted by Gasteiger charge is -2.15. The maximum Gasteiger partial charge on any atom is 0.328 e. The van der Waals surface area contributed by atoms with Crippen LogP contribution < -0.4 is 11.1 Å². The molecule has 0 aromatic carbocycles. The van der Waals surface area contributed by atoms with Crippen LogP contribution in [0.15, 0.2) is 0 Å². The third-order valence-corrected chi connectivity index (χ3v) is 2.76. The number of carbonyl (C=O) groups is 2. The summed E-state index contributed by atoms with van der Waals surface area (Å²) in [6.45, 7) is 1.61. The molecule has 6 heteroatoms. The van der Waals surface area contributed by atoms with Gasteiger partial charge in [0.05, 0.1) is 7.11 Å². The quantitative estimate of drug-likeness (QED) is 0.702. The fourth-order valence-electron chi connectivity index (χ4n) is 1.82. The molecule has 1 saturated carbocycles. The lowest BCUT2D eigenvalue weighted by Crippen LogP contribution is -2.42. The van der Waals surface area contributed by atoms with E-state index in [9.17, 15) is 9.59 Å². The maximum absolute atomic E-state index is 11.6. The van der Waals surface area contributed by atoms with Gasteiger partial charge < -0.3 is 15.8 Å². The maximum atomic E-state index is 11.6. The predicted octanol–water partition coefficient (Wildman–Crippen LogP) is 0.213. The minimum Gasteiger partial charge on any atom is -0.467 e. The minimum absolute atomic E-state index is 0. The third kappa shape index (κ3) is 3.98. The first-order valence-corrected chi connectivity index (χ1v) is 5.18. The number of methoxy groups -OCH3 is 1. The van der Waals surface area contributed by atoms with E-state index in [0.29, 0.717) is 6.42 Å². The lowest BCUT2D eigenvalue weighted by atomic mass is 10.1. The zero-order chi connectivity index (χ0) is 11.4. The van der Waals surface area contributed by atoms with Gasteiger partial charge in [-0.1, -0.05) is 0 Å². The van der Waals surface area contributed by atoms with E-state index in [1.807, 2.05) is 0 Å². The highest BCUT2D eigenvalue weighted by molar-refractivity contribution is 5.85. The molecule has 0 aliphatic heterocycles. The molecule has 1 amide bonds. The van der Waals surface area contributed by atoms with Crippen molar-refractivity contribution >= 4 is 24.3 Å². The van der Waals surface area contributed by atoms with Gasteiger partial charge in [0.1, 0.15) is 6.04 Å². The number of nitrogens with two attached hydrogens (primary N) is 1.